The minimum absolute atomic E-state index is 0.0590. The third kappa shape index (κ3) is 6.38. The highest BCUT2D eigenvalue weighted by atomic mass is 16.2. The number of carbonyl (C=O) groups excluding carboxylic acids is 2. The number of hydrogen-bond acceptors (Lipinski definition) is 3. The first-order valence-electron chi connectivity index (χ1n) is 11.3. The van der Waals surface area contributed by atoms with E-state index in [1.165, 1.54) is 0 Å². The molecular formula is C24H40N4O2. The molecule has 0 radical (unpaired) electrons. The van der Waals surface area contributed by atoms with Gasteiger partial charge in [0.1, 0.15) is 0 Å². The maximum atomic E-state index is 13.0. The molecule has 1 aromatic rings. The topological polar surface area (TPSA) is 64.7 Å². The zero-order chi connectivity index (χ0) is 22.4. The molecule has 1 aliphatic rings. The van der Waals surface area contributed by atoms with Crippen LogP contribution in [0.15, 0.2) is 18.2 Å². The SMILES string of the molecule is CC(C)NC(=O)N(Cc1cc(NC(=O)C2CCCC2)ccc1N(C)C)[C@H](C)C(C)C. The van der Waals surface area contributed by atoms with Crippen molar-refractivity contribution in [3.63, 3.8) is 0 Å². The fraction of sp³-hybridized carbons (Fsp3) is 0.667. The first kappa shape index (κ1) is 24.0. The van der Waals surface area contributed by atoms with Gasteiger partial charge in [-0.1, -0.05) is 26.7 Å². The molecule has 6 heteroatoms. The van der Waals surface area contributed by atoms with E-state index in [0.29, 0.717) is 12.5 Å². The average molecular weight is 417 g/mol. The highest BCUT2D eigenvalue weighted by Gasteiger charge is 2.26. The van der Waals surface area contributed by atoms with E-state index in [9.17, 15) is 9.59 Å². The molecule has 168 valence electrons. The number of benzene rings is 1. The van der Waals surface area contributed by atoms with E-state index in [0.717, 1.165) is 42.6 Å². The molecule has 1 atom stereocenters. The minimum Gasteiger partial charge on any atom is -0.377 e. The summed E-state index contributed by atoms with van der Waals surface area (Å²) in [6.07, 6.45) is 4.22. The summed E-state index contributed by atoms with van der Waals surface area (Å²) in [6.45, 7) is 10.8. The van der Waals surface area contributed by atoms with Crippen LogP contribution in [0.5, 0.6) is 0 Å². The van der Waals surface area contributed by atoms with Gasteiger partial charge in [0.05, 0.1) is 0 Å². The second-order valence-electron chi connectivity index (χ2n) is 9.43. The summed E-state index contributed by atoms with van der Waals surface area (Å²) in [5, 5.41) is 6.14. The molecule has 0 bridgehead atoms. The Balaban J connectivity index is 2.30. The van der Waals surface area contributed by atoms with Crippen molar-refractivity contribution in [2.24, 2.45) is 11.8 Å². The van der Waals surface area contributed by atoms with Crippen molar-refractivity contribution in [1.29, 1.82) is 0 Å². The summed E-state index contributed by atoms with van der Waals surface area (Å²) in [6, 6.07) is 6.09. The lowest BCUT2D eigenvalue weighted by Gasteiger charge is -2.34. The normalized spacial score (nSPS) is 15.4. The third-order valence-corrected chi connectivity index (χ3v) is 6.02. The molecule has 1 aromatic carbocycles. The number of nitrogens with zero attached hydrogens (tertiary/aromatic N) is 2. The maximum Gasteiger partial charge on any atom is 0.318 e. The maximum absolute atomic E-state index is 13.0. The zero-order valence-electron chi connectivity index (χ0n) is 19.8. The highest BCUT2D eigenvalue weighted by Crippen LogP contribution is 2.29. The van der Waals surface area contributed by atoms with Crippen LogP contribution in [0.4, 0.5) is 16.2 Å². The Morgan fingerprint density at radius 3 is 2.23 bits per heavy atom. The zero-order valence-corrected chi connectivity index (χ0v) is 19.8. The number of hydrogen-bond donors (Lipinski definition) is 2. The van der Waals surface area contributed by atoms with Crippen molar-refractivity contribution in [3.8, 4) is 0 Å². The first-order valence-corrected chi connectivity index (χ1v) is 11.3. The highest BCUT2D eigenvalue weighted by molar-refractivity contribution is 5.93. The molecule has 0 saturated heterocycles. The van der Waals surface area contributed by atoms with Crippen LogP contribution < -0.4 is 15.5 Å². The molecule has 0 aliphatic heterocycles. The van der Waals surface area contributed by atoms with Gasteiger partial charge in [0, 0.05) is 50.0 Å². The Hall–Kier alpha value is -2.24. The van der Waals surface area contributed by atoms with Crippen LogP contribution in [-0.4, -0.2) is 43.0 Å². The van der Waals surface area contributed by atoms with Crippen molar-refractivity contribution in [3.05, 3.63) is 23.8 Å². The van der Waals surface area contributed by atoms with E-state index in [4.69, 9.17) is 0 Å². The van der Waals surface area contributed by atoms with Gasteiger partial charge in [0.15, 0.2) is 0 Å². The molecule has 2 rings (SSSR count). The molecular weight excluding hydrogens is 376 g/mol. The van der Waals surface area contributed by atoms with Gasteiger partial charge >= 0.3 is 6.03 Å². The monoisotopic (exact) mass is 416 g/mol. The van der Waals surface area contributed by atoms with E-state index in [1.54, 1.807) is 0 Å². The van der Waals surface area contributed by atoms with Crippen LogP contribution in [0.2, 0.25) is 0 Å². The second-order valence-corrected chi connectivity index (χ2v) is 9.43. The Kier molecular flexibility index (Phi) is 8.56. The summed E-state index contributed by atoms with van der Waals surface area (Å²) in [4.78, 5) is 29.5. The van der Waals surface area contributed by atoms with Gasteiger partial charge in [-0.3, -0.25) is 4.79 Å². The third-order valence-electron chi connectivity index (χ3n) is 6.02. The number of amides is 3. The van der Waals surface area contributed by atoms with Gasteiger partial charge in [-0.05, 0) is 63.3 Å². The van der Waals surface area contributed by atoms with Crippen LogP contribution in [-0.2, 0) is 11.3 Å². The van der Waals surface area contributed by atoms with Crippen molar-refractivity contribution in [2.45, 2.75) is 78.9 Å². The van der Waals surface area contributed by atoms with Crippen LogP contribution in [0, 0.1) is 11.8 Å². The molecule has 0 aromatic heterocycles. The van der Waals surface area contributed by atoms with E-state index >= 15 is 0 Å². The first-order chi connectivity index (χ1) is 14.1. The standard InChI is InChI=1S/C24H40N4O2/c1-16(2)18(5)28(24(30)25-17(3)4)15-20-14-21(12-13-22(20)27(6)7)26-23(29)19-10-8-9-11-19/h12-14,16-19H,8-11,15H2,1-7H3,(H,25,30)(H,26,29)/t18-/m1/s1. The van der Waals surface area contributed by atoms with Crippen LogP contribution in [0.25, 0.3) is 0 Å². The fourth-order valence-electron chi connectivity index (χ4n) is 3.93. The Morgan fingerprint density at radius 1 is 1.07 bits per heavy atom. The molecule has 2 N–H and O–H groups in total. The van der Waals surface area contributed by atoms with Crippen molar-refractivity contribution < 1.29 is 9.59 Å². The Bertz CT molecular complexity index is 724. The van der Waals surface area contributed by atoms with Crippen molar-refractivity contribution in [1.82, 2.24) is 10.2 Å². The molecule has 0 spiro atoms. The van der Waals surface area contributed by atoms with E-state index < -0.39 is 0 Å². The molecule has 3 amide bonds. The van der Waals surface area contributed by atoms with Crippen molar-refractivity contribution in [2.75, 3.05) is 24.3 Å². The number of rotatable bonds is 8. The molecule has 6 nitrogen and oxygen atoms in total. The van der Waals surface area contributed by atoms with Crippen molar-refractivity contribution >= 4 is 23.3 Å². The summed E-state index contributed by atoms with van der Waals surface area (Å²) < 4.78 is 0. The summed E-state index contributed by atoms with van der Waals surface area (Å²) in [5.74, 6) is 0.563. The molecule has 1 saturated carbocycles. The largest absolute Gasteiger partial charge is 0.377 e. The molecule has 1 aliphatic carbocycles. The Morgan fingerprint density at radius 2 is 1.70 bits per heavy atom. The Labute approximate surface area is 182 Å². The van der Waals surface area contributed by atoms with E-state index in [2.05, 4.69) is 36.3 Å². The van der Waals surface area contributed by atoms with E-state index in [1.807, 2.05) is 51.0 Å². The lowest BCUT2D eigenvalue weighted by atomic mass is 10.0. The molecule has 30 heavy (non-hydrogen) atoms. The summed E-state index contributed by atoms with van der Waals surface area (Å²) >= 11 is 0. The van der Waals surface area contributed by atoms with Gasteiger partial charge in [-0.2, -0.15) is 0 Å². The quantitative estimate of drug-likeness (QED) is 0.637. The lowest BCUT2D eigenvalue weighted by Crippen LogP contribution is -2.48. The van der Waals surface area contributed by atoms with Gasteiger partial charge < -0.3 is 20.4 Å². The number of anilines is 2. The van der Waals surface area contributed by atoms with Crippen LogP contribution in [0.1, 0.15) is 65.9 Å². The number of urea groups is 1. The predicted octanol–water partition coefficient (Wildman–Crippen LogP) is 4.85. The van der Waals surface area contributed by atoms with Gasteiger partial charge in [-0.15, -0.1) is 0 Å². The number of carbonyl (C=O) groups is 2. The average Bonchev–Trinajstić information content (AvgIpc) is 3.19. The van der Waals surface area contributed by atoms with E-state index in [-0.39, 0.29) is 29.9 Å². The summed E-state index contributed by atoms with van der Waals surface area (Å²) in [7, 11) is 4.00. The molecule has 0 heterocycles. The fourth-order valence-corrected chi connectivity index (χ4v) is 3.93. The van der Waals surface area contributed by atoms with Gasteiger partial charge in [0.2, 0.25) is 5.91 Å². The second kappa shape index (κ2) is 10.7. The minimum atomic E-state index is -0.0590. The van der Waals surface area contributed by atoms with Crippen LogP contribution >= 0.6 is 0 Å². The molecule has 0 unspecified atom stereocenters. The molecule has 1 fully saturated rings. The van der Waals surface area contributed by atoms with Gasteiger partial charge in [0.25, 0.3) is 0 Å². The predicted molar refractivity (Wildman–Crippen MR) is 125 cm³/mol. The lowest BCUT2D eigenvalue weighted by molar-refractivity contribution is -0.119. The summed E-state index contributed by atoms with van der Waals surface area (Å²) in [5.41, 5.74) is 2.87. The van der Waals surface area contributed by atoms with Crippen LogP contribution in [0.3, 0.4) is 0 Å². The van der Waals surface area contributed by atoms with Gasteiger partial charge in [-0.25, -0.2) is 4.79 Å². The smallest absolute Gasteiger partial charge is 0.318 e. The number of nitrogens with one attached hydrogen (secondary N) is 2.